The second kappa shape index (κ2) is 5.22. The van der Waals surface area contributed by atoms with Crippen LogP contribution in [0.5, 0.6) is 0 Å². The van der Waals surface area contributed by atoms with E-state index >= 15 is 0 Å². The third-order valence-electron chi connectivity index (χ3n) is 1.22. The van der Waals surface area contributed by atoms with Crippen molar-refractivity contribution >= 4 is 28.9 Å². The standard InChI is InChI=1S/C7H14Cl2Si/c1-3-4-5-6-7-10(2,8)9/h3-4H,5-7H2,1-2H3. The van der Waals surface area contributed by atoms with Crippen LogP contribution in [0.1, 0.15) is 19.8 Å². The highest BCUT2D eigenvalue weighted by atomic mass is 35.7. The Hall–Kier alpha value is 0.537. The van der Waals surface area contributed by atoms with E-state index in [2.05, 4.69) is 12.2 Å². The van der Waals surface area contributed by atoms with Gasteiger partial charge in [-0.1, -0.05) is 12.2 Å². The van der Waals surface area contributed by atoms with E-state index in [1.165, 1.54) is 0 Å². The van der Waals surface area contributed by atoms with Gasteiger partial charge in [0.25, 0.3) is 0 Å². The Balaban J connectivity index is 3.20. The maximum absolute atomic E-state index is 5.89. The minimum Gasteiger partial charge on any atom is -0.146 e. The Bertz CT molecular complexity index is 105. The van der Waals surface area contributed by atoms with E-state index in [1.54, 1.807) is 0 Å². The zero-order valence-corrected chi connectivity index (χ0v) is 9.04. The summed E-state index contributed by atoms with van der Waals surface area (Å²) < 4.78 is 0. The van der Waals surface area contributed by atoms with Crippen LogP contribution in [0, 0.1) is 0 Å². The molecule has 0 bridgehead atoms. The first-order chi connectivity index (χ1) is 4.56. The molecule has 0 aliphatic heterocycles. The normalized spacial score (nSPS) is 12.8. The lowest BCUT2D eigenvalue weighted by Gasteiger charge is -2.07. The van der Waals surface area contributed by atoms with E-state index in [-0.39, 0.29) is 0 Å². The van der Waals surface area contributed by atoms with Crippen LogP contribution in [-0.4, -0.2) is 6.69 Å². The van der Waals surface area contributed by atoms with Gasteiger partial charge in [0.15, 0.2) is 0 Å². The van der Waals surface area contributed by atoms with Gasteiger partial charge < -0.3 is 0 Å². The maximum atomic E-state index is 5.89. The van der Waals surface area contributed by atoms with Crippen molar-refractivity contribution in [2.45, 2.75) is 32.4 Å². The lowest BCUT2D eigenvalue weighted by Crippen LogP contribution is -2.11. The zero-order valence-electron chi connectivity index (χ0n) is 6.53. The van der Waals surface area contributed by atoms with Crippen molar-refractivity contribution in [2.24, 2.45) is 0 Å². The molecule has 0 aromatic heterocycles. The first-order valence-electron chi connectivity index (χ1n) is 3.55. The fourth-order valence-electron chi connectivity index (χ4n) is 0.697. The summed E-state index contributed by atoms with van der Waals surface area (Å²) in [4.78, 5) is 0. The Morgan fingerprint density at radius 1 is 1.40 bits per heavy atom. The summed E-state index contributed by atoms with van der Waals surface area (Å²) in [6, 6.07) is 1.00. The Morgan fingerprint density at radius 2 is 2.00 bits per heavy atom. The van der Waals surface area contributed by atoms with Gasteiger partial charge >= 0.3 is 0 Å². The molecular weight excluding hydrogens is 183 g/mol. The number of hydrogen-bond donors (Lipinski definition) is 0. The van der Waals surface area contributed by atoms with Crippen LogP contribution in [0.3, 0.4) is 0 Å². The van der Waals surface area contributed by atoms with Gasteiger partial charge in [-0.3, -0.25) is 0 Å². The van der Waals surface area contributed by atoms with Crippen LogP contribution >= 0.6 is 22.2 Å². The average Bonchev–Trinajstić information content (AvgIpc) is 1.78. The first-order valence-corrected chi connectivity index (χ1v) is 8.28. The molecule has 0 aromatic carbocycles. The van der Waals surface area contributed by atoms with Crippen LogP contribution < -0.4 is 0 Å². The highest BCUT2D eigenvalue weighted by Crippen LogP contribution is 2.22. The molecule has 0 radical (unpaired) electrons. The molecule has 10 heavy (non-hydrogen) atoms. The fraction of sp³-hybridized carbons (Fsp3) is 0.714. The molecule has 0 N–H and O–H groups in total. The smallest absolute Gasteiger partial charge is 0.146 e. The first kappa shape index (κ1) is 10.5. The van der Waals surface area contributed by atoms with E-state index in [1.807, 2.05) is 13.5 Å². The average molecular weight is 197 g/mol. The fourth-order valence-corrected chi connectivity index (χ4v) is 2.32. The third kappa shape index (κ3) is 8.54. The van der Waals surface area contributed by atoms with Crippen molar-refractivity contribution in [3.05, 3.63) is 12.2 Å². The maximum Gasteiger partial charge on any atom is 0.248 e. The van der Waals surface area contributed by atoms with Gasteiger partial charge in [0.1, 0.15) is 0 Å². The molecule has 0 unspecified atom stereocenters. The SMILES string of the molecule is CC=CCCC[Si](C)(Cl)Cl. The van der Waals surface area contributed by atoms with Crippen molar-refractivity contribution in [2.75, 3.05) is 0 Å². The molecule has 0 heterocycles. The molecule has 0 fully saturated rings. The van der Waals surface area contributed by atoms with Gasteiger partial charge in [0, 0.05) is 0 Å². The van der Waals surface area contributed by atoms with E-state index in [9.17, 15) is 0 Å². The molecule has 0 aliphatic rings. The summed E-state index contributed by atoms with van der Waals surface area (Å²) in [7, 11) is 0. The van der Waals surface area contributed by atoms with Gasteiger partial charge in [0.2, 0.25) is 6.69 Å². The number of halogens is 2. The summed E-state index contributed by atoms with van der Waals surface area (Å²) in [5.41, 5.74) is 0. The van der Waals surface area contributed by atoms with Crippen LogP contribution in [0.2, 0.25) is 12.6 Å². The van der Waals surface area contributed by atoms with Crippen LogP contribution in [0.25, 0.3) is 0 Å². The van der Waals surface area contributed by atoms with Crippen molar-refractivity contribution in [1.29, 1.82) is 0 Å². The van der Waals surface area contributed by atoms with Crippen LogP contribution in [0.15, 0.2) is 12.2 Å². The molecule has 0 atom stereocenters. The van der Waals surface area contributed by atoms with Crippen molar-refractivity contribution in [3.8, 4) is 0 Å². The second-order valence-corrected chi connectivity index (χ2v) is 10.8. The molecule has 0 saturated heterocycles. The summed E-state index contributed by atoms with van der Waals surface area (Å²) in [6.45, 7) is 2.19. The number of hydrogen-bond acceptors (Lipinski definition) is 0. The Labute approximate surface area is 73.6 Å². The van der Waals surface area contributed by atoms with Gasteiger partial charge in [-0.25, -0.2) is 0 Å². The number of unbranched alkanes of at least 4 members (excludes halogenated alkanes) is 1. The highest BCUT2D eigenvalue weighted by Gasteiger charge is 2.18. The Kier molecular flexibility index (Phi) is 5.50. The quantitative estimate of drug-likeness (QED) is 0.277. The van der Waals surface area contributed by atoms with E-state index in [0.717, 1.165) is 18.9 Å². The molecule has 0 aliphatic carbocycles. The van der Waals surface area contributed by atoms with E-state index in [0.29, 0.717) is 0 Å². The van der Waals surface area contributed by atoms with E-state index in [4.69, 9.17) is 22.2 Å². The topological polar surface area (TPSA) is 0 Å². The minimum absolute atomic E-state index is 1.00. The van der Waals surface area contributed by atoms with Crippen molar-refractivity contribution in [1.82, 2.24) is 0 Å². The van der Waals surface area contributed by atoms with Gasteiger partial charge in [-0.2, -0.15) is 0 Å². The van der Waals surface area contributed by atoms with Gasteiger partial charge in [-0.05, 0) is 32.4 Å². The molecule has 0 amide bonds. The number of rotatable bonds is 4. The third-order valence-corrected chi connectivity index (χ3v) is 3.59. The predicted molar refractivity (Wildman–Crippen MR) is 52.2 cm³/mol. The van der Waals surface area contributed by atoms with Crippen molar-refractivity contribution in [3.63, 3.8) is 0 Å². The number of allylic oxidation sites excluding steroid dienone is 2. The molecule has 0 nitrogen and oxygen atoms in total. The van der Waals surface area contributed by atoms with Crippen LogP contribution in [0.4, 0.5) is 0 Å². The Morgan fingerprint density at radius 3 is 2.40 bits per heavy atom. The predicted octanol–water partition coefficient (Wildman–Crippen LogP) is 3.89. The highest BCUT2D eigenvalue weighted by molar-refractivity contribution is 7.44. The van der Waals surface area contributed by atoms with E-state index < -0.39 is 6.69 Å². The zero-order chi connectivity index (χ0) is 8.04. The summed E-state index contributed by atoms with van der Waals surface area (Å²) in [6.07, 6.45) is 6.44. The van der Waals surface area contributed by atoms with Crippen LogP contribution in [-0.2, 0) is 0 Å². The lowest BCUT2D eigenvalue weighted by atomic mass is 10.3. The molecule has 0 saturated carbocycles. The lowest BCUT2D eigenvalue weighted by molar-refractivity contribution is 0.944. The summed E-state index contributed by atoms with van der Waals surface area (Å²) in [5, 5.41) is 0. The minimum atomic E-state index is -1.80. The van der Waals surface area contributed by atoms with Crippen molar-refractivity contribution < 1.29 is 0 Å². The molecule has 60 valence electrons. The van der Waals surface area contributed by atoms with Gasteiger partial charge in [0.05, 0.1) is 0 Å². The monoisotopic (exact) mass is 196 g/mol. The molecule has 0 rings (SSSR count). The largest absolute Gasteiger partial charge is 0.248 e. The summed E-state index contributed by atoms with van der Waals surface area (Å²) in [5.74, 6) is 0. The molecule has 3 heteroatoms. The molecule has 0 aromatic rings. The summed E-state index contributed by atoms with van der Waals surface area (Å²) >= 11 is 11.8. The van der Waals surface area contributed by atoms with Gasteiger partial charge in [-0.15, -0.1) is 22.2 Å². The molecule has 0 spiro atoms. The molecular formula is C7H14Cl2Si. The second-order valence-electron chi connectivity index (χ2n) is 2.53.